The van der Waals surface area contributed by atoms with E-state index in [1.807, 2.05) is 4.68 Å². The summed E-state index contributed by atoms with van der Waals surface area (Å²) in [6.45, 7) is 6.48. The van der Waals surface area contributed by atoms with Crippen LogP contribution >= 0.6 is 0 Å². The van der Waals surface area contributed by atoms with Crippen molar-refractivity contribution in [1.82, 2.24) is 25.6 Å². The number of hydrogen-bond donors (Lipinski definition) is 2. The van der Waals surface area contributed by atoms with E-state index in [1.165, 1.54) is 19.3 Å². The summed E-state index contributed by atoms with van der Waals surface area (Å²) in [6.07, 6.45) is 8.56. The van der Waals surface area contributed by atoms with Gasteiger partial charge in [-0.25, -0.2) is 4.68 Å². The lowest BCUT2D eigenvalue weighted by atomic mass is 9.73. The van der Waals surface area contributed by atoms with Crippen LogP contribution in [0.5, 0.6) is 0 Å². The summed E-state index contributed by atoms with van der Waals surface area (Å²) in [5, 5.41) is 14.8. The molecule has 22 heavy (non-hydrogen) atoms. The number of nitrogens with zero attached hydrogens (tertiary/aromatic N) is 3. The molecule has 1 amide bonds. The van der Waals surface area contributed by atoms with E-state index in [1.54, 1.807) is 6.20 Å². The van der Waals surface area contributed by atoms with E-state index in [2.05, 4.69) is 34.8 Å². The number of piperidine rings is 1. The molecule has 0 spiro atoms. The van der Waals surface area contributed by atoms with Gasteiger partial charge in [-0.2, -0.15) is 0 Å². The quantitative estimate of drug-likeness (QED) is 0.894. The average molecular weight is 305 g/mol. The van der Waals surface area contributed by atoms with Crippen LogP contribution in [0.3, 0.4) is 0 Å². The summed E-state index contributed by atoms with van der Waals surface area (Å²) in [4.78, 5) is 12.5. The minimum absolute atomic E-state index is 0.0832. The highest BCUT2D eigenvalue weighted by Crippen LogP contribution is 2.35. The number of nitrogens with one attached hydrogen (secondary N) is 2. The molecule has 3 rings (SSSR count). The Hall–Kier alpha value is -1.43. The van der Waals surface area contributed by atoms with Gasteiger partial charge in [-0.15, -0.1) is 5.10 Å². The SMILES string of the molecule is CC1(C)CCCCC1NC(=O)c1cn(C2CCNCC2)nn1. The number of carbonyl (C=O) groups is 1. The maximum absolute atomic E-state index is 12.5. The summed E-state index contributed by atoms with van der Waals surface area (Å²) < 4.78 is 1.86. The lowest BCUT2D eigenvalue weighted by molar-refractivity contribution is 0.0848. The van der Waals surface area contributed by atoms with E-state index in [4.69, 9.17) is 0 Å². The molecule has 1 aliphatic carbocycles. The third kappa shape index (κ3) is 3.32. The number of rotatable bonds is 3. The van der Waals surface area contributed by atoms with E-state index in [0.717, 1.165) is 32.4 Å². The van der Waals surface area contributed by atoms with Gasteiger partial charge in [-0.05, 0) is 44.2 Å². The fraction of sp³-hybridized carbons (Fsp3) is 0.812. The Morgan fingerprint density at radius 3 is 2.82 bits per heavy atom. The molecule has 1 atom stereocenters. The van der Waals surface area contributed by atoms with Gasteiger partial charge in [-0.1, -0.05) is 31.9 Å². The second kappa shape index (κ2) is 6.36. The van der Waals surface area contributed by atoms with Crippen molar-refractivity contribution in [3.8, 4) is 0 Å². The summed E-state index contributed by atoms with van der Waals surface area (Å²) in [7, 11) is 0. The molecule has 1 aliphatic heterocycles. The van der Waals surface area contributed by atoms with Crippen molar-refractivity contribution in [2.24, 2.45) is 5.41 Å². The first-order valence-electron chi connectivity index (χ1n) is 8.50. The van der Waals surface area contributed by atoms with Crippen molar-refractivity contribution < 1.29 is 4.79 Å². The molecule has 0 aromatic carbocycles. The van der Waals surface area contributed by atoms with Gasteiger partial charge in [0.1, 0.15) is 0 Å². The second-order valence-corrected chi connectivity index (χ2v) is 7.33. The Bertz CT molecular complexity index is 518. The normalized spacial score (nSPS) is 25.8. The molecule has 0 radical (unpaired) electrons. The summed E-state index contributed by atoms with van der Waals surface area (Å²) in [5.74, 6) is -0.0832. The molecule has 6 nitrogen and oxygen atoms in total. The van der Waals surface area contributed by atoms with Gasteiger partial charge in [0.05, 0.1) is 12.2 Å². The number of aromatic nitrogens is 3. The predicted molar refractivity (Wildman–Crippen MR) is 84.7 cm³/mol. The Morgan fingerprint density at radius 2 is 2.09 bits per heavy atom. The standard InChI is InChI=1S/C16H27N5O/c1-16(2)8-4-3-5-14(16)18-15(22)13-11-21(20-19-13)12-6-9-17-10-7-12/h11-12,14,17H,3-10H2,1-2H3,(H,18,22). The van der Waals surface area contributed by atoms with E-state index in [-0.39, 0.29) is 17.4 Å². The van der Waals surface area contributed by atoms with Gasteiger partial charge in [0.25, 0.3) is 5.91 Å². The maximum Gasteiger partial charge on any atom is 0.273 e. The molecule has 2 aliphatic rings. The van der Waals surface area contributed by atoms with Crippen molar-refractivity contribution in [3.63, 3.8) is 0 Å². The lowest BCUT2D eigenvalue weighted by Crippen LogP contribution is -2.46. The van der Waals surface area contributed by atoms with Gasteiger partial charge >= 0.3 is 0 Å². The third-order valence-electron chi connectivity index (χ3n) is 5.24. The summed E-state index contributed by atoms with van der Waals surface area (Å²) >= 11 is 0. The van der Waals surface area contributed by atoms with Crippen LogP contribution in [0.4, 0.5) is 0 Å². The minimum atomic E-state index is -0.0832. The maximum atomic E-state index is 12.5. The highest BCUT2D eigenvalue weighted by molar-refractivity contribution is 5.92. The van der Waals surface area contributed by atoms with Gasteiger partial charge < -0.3 is 10.6 Å². The van der Waals surface area contributed by atoms with E-state index < -0.39 is 0 Å². The van der Waals surface area contributed by atoms with Crippen molar-refractivity contribution in [1.29, 1.82) is 0 Å². The molecule has 6 heteroatoms. The third-order valence-corrected chi connectivity index (χ3v) is 5.24. The van der Waals surface area contributed by atoms with Crippen LogP contribution in [0.2, 0.25) is 0 Å². The van der Waals surface area contributed by atoms with Gasteiger partial charge in [0, 0.05) is 6.04 Å². The Morgan fingerprint density at radius 1 is 1.32 bits per heavy atom. The molecule has 1 aromatic rings. The second-order valence-electron chi connectivity index (χ2n) is 7.33. The van der Waals surface area contributed by atoms with E-state index in [0.29, 0.717) is 11.7 Å². The van der Waals surface area contributed by atoms with Crippen molar-refractivity contribution in [3.05, 3.63) is 11.9 Å². The molecule has 0 bridgehead atoms. The number of amides is 1. The predicted octanol–water partition coefficient (Wildman–Crippen LogP) is 1.90. The molecule has 2 heterocycles. The molecule has 2 N–H and O–H groups in total. The summed E-state index contributed by atoms with van der Waals surface area (Å²) in [6, 6.07) is 0.596. The zero-order valence-corrected chi connectivity index (χ0v) is 13.6. The highest BCUT2D eigenvalue weighted by atomic mass is 16.2. The Kier molecular flexibility index (Phi) is 4.47. The van der Waals surface area contributed by atoms with Crippen LogP contribution in [0.1, 0.15) is 68.9 Å². The minimum Gasteiger partial charge on any atom is -0.347 e. The first-order valence-corrected chi connectivity index (χ1v) is 8.50. The smallest absolute Gasteiger partial charge is 0.273 e. The van der Waals surface area contributed by atoms with Crippen LogP contribution in [-0.4, -0.2) is 40.0 Å². The Labute approximate surface area is 132 Å². The van der Waals surface area contributed by atoms with Crippen molar-refractivity contribution in [2.45, 2.75) is 64.5 Å². The zero-order chi connectivity index (χ0) is 15.6. The van der Waals surface area contributed by atoms with Gasteiger partial charge in [0.2, 0.25) is 0 Å². The molecular formula is C16H27N5O. The number of hydrogen-bond acceptors (Lipinski definition) is 4. The van der Waals surface area contributed by atoms with Gasteiger partial charge in [0.15, 0.2) is 5.69 Å². The number of carbonyl (C=O) groups excluding carboxylic acids is 1. The fourth-order valence-electron chi connectivity index (χ4n) is 3.62. The molecule has 1 saturated carbocycles. The molecular weight excluding hydrogens is 278 g/mol. The first-order chi connectivity index (χ1) is 10.6. The van der Waals surface area contributed by atoms with Crippen LogP contribution in [0, 0.1) is 5.41 Å². The first kappa shape index (κ1) is 15.5. The van der Waals surface area contributed by atoms with Gasteiger partial charge in [-0.3, -0.25) is 4.79 Å². The largest absolute Gasteiger partial charge is 0.347 e. The topological polar surface area (TPSA) is 71.8 Å². The zero-order valence-electron chi connectivity index (χ0n) is 13.6. The molecule has 1 aromatic heterocycles. The van der Waals surface area contributed by atoms with Crippen LogP contribution in [0.25, 0.3) is 0 Å². The van der Waals surface area contributed by atoms with E-state index in [9.17, 15) is 4.79 Å². The van der Waals surface area contributed by atoms with Crippen molar-refractivity contribution >= 4 is 5.91 Å². The lowest BCUT2D eigenvalue weighted by Gasteiger charge is -2.38. The molecule has 122 valence electrons. The Balaban J connectivity index is 1.64. The molecule has 1 saturated heterocycles. The average Bonchev–Trinajstić information content (AvgIpc) is 3.00. The van der Waals surface area contributed by atoms with Crippen LogP contribution in [0.15, 0.2) is 6.20 Å². The monoisotopic (exact) mass is 305 g/mol. The summed E-state index contributed by atoms with van der Waals surface area (Å²) in [5.41, 5.74) is 0.610. The van der Waals surface area contributed by atoms with Crippen LogP contribution in [-0.2, 0) is 0 Å². The van der Waals surface area contributed by atoms with E-state index >= 15 is 0 Å². The van der Waals surface area contributed by atoms with Crippen LogP contribution < -0.4 is 10.6 Å². The highest BCUT2D eigenvalue weighted by Gasteiger charge is 2.33. The molecule has 2 fully saturated rings. The molecule has 1 unspecified atom stereocenters. The fourth-order valence-corrected chi connectivity index (χ4v) is 3.62. The van der Waals surface area contributed by atoms with Crippen molar-refractivity contribution in [2.75, 3.05) is 13.1 Å².